The zero-order valence-corrected chi connectivity index (χ0v) is 14.0. The number of thiophene rings is 1. The SMILES string of the molecule is Cc1[nH]ncc1-c1cc2c(s1)C(=O)NC1(CCCCC1F)N2C. The van der Waals surface area contributed by atoms with E-state index in [4.69, 9.17) is 0 Å². The lowest BCUT2D eigenvalue weighted by atomic mass is 9.84. The van der Waals surface area contributed by atoms with Crippen LogP contribution in [0.1, 0.15) is 41.0 Å². The van der Waals surface area contributed by atoms with Crippen molar-refractivity contribution in [1.29, 1.82) is 0 Å². The maximum absolute atomic E-state index is 14.7. The first-order valence-electron chi connectivity index (χ1n) is 7.87. The molecule has 2 atom stereocenters. The highest BCUT2D eigenvalue weighted by Gasteiger charge is 2.50. The minimum atomic E-state index is -1.04. The molecule has 1 amide bonds. The molecule has 4 rings (SSSR count). The number of fused-ring (bicyclic) bond motifs is 1. The molecule has 0 saturated heterocycles. The highest BCUT2D eigenvalue weighted by molar-refractivity contribution is 7.18. The van der Waals surface area contributed by atoms with E-state index in [9.17, 15) is 9.18 Å². The second-order valence-electron chi connectivity index (χ2n) is 6.38. The Hall–Kier alpha value is -1.89. The van der Waals surface area contributed by atoms with Crippen molar-refractivity contribution in [3.63, 3.8) is 0 Å². The summed E-state index contributed by atoms with van der Waals surface area (Å²) in [6.45, 7) is 1.95. The van der Waals surface area contributed by atoms with Crippen LogP contribution >= 0.6 is 11.3 Å². The van der Waals surface area contributed by atoms with Gasteiger partial charge in [0.15, 0.2) is 0 Å². The first kappa shape index (κ1) is 14.7. The number of rotatable bonds is 1. The highest BCUT2D eigenvalue weighted by Crippen LogP contribution is 2.45. The van der Waals surface area contributed by atoms with Crippen molar-refractivity contribution in [3.8, 4) is 10.4 Å². The molecule has 2 aromatic heterocycles. The Bertz CT molecular complexity index is 770. The van der Waals surface area contributed by atoms with Crippen LogP contribution in [0.3, 0.4) is 0 Å². The van der Waals surface area contributed by atoms with Crippen LogP contribution in [0.5, 0.6) is 0 Å². The molecule has 2 N–H and O–H groups in total. The van der Waals surface area contributed by atoms with Crippen LogP contribution in [0.25, 0.3) is 10.4 Å². The number of anilines is 1. The Morgan fingerprint density at radius 3 is 3.00 bits per heavy atom. The summed E-state index contributed by atoms with van der Waals surface area (Å²) >= 11 is 1.43. The number of H-pyrrole nitrogens is 1. The van der Waals surface area contributed by atoms with Crippen LogP contribution in [0.15, 0.2) is 12.3 Å². The Labute approximate surface area is 137 Å². The molecule has 3 heterocycles. The van der Waals surface area contributed by atoms with Crippen molar-refractivity contribution in [2.24, 2.45) is 0 Å². The number of aromatic amines is 1. The lowest BCUT2D eigenvalue weighted by molar-refractivity contribution is 0.0649. The normalized spacial score (nSPS) is 27.2. The standard InChI is InChI=1S/C16H19FN4OS/c1-9-10(8-18-20-9)12-7-11-14(23-12)15(22)19-16(21(11)2)6-4-3-5-13(16)17/h7-8,13H,3-6H2,1-2H3,(H,18,20)(H,19,22). The molecule has 1 saturated carbocycles. The third-order valence-corrected chi connectivity index (χ3v) is 6.24. The number of aryl methyl sites for hydroxylation is 1. The molecule has 7 heteroatoms. The number of nitrogens with one attached hydrogen (secondary N) is 2. The number of halogens is 1. The lowest BCUT2D eigenvalue weighted by Gasteiger charge is -2.50. The van der Waals surface area contributed by atoms with Crippen LogP contribution in [-0.4, -0.2) is 35.0 Å². The van der Waals surface area contributed by atoms with Gasteiger partial charge in [0.05, 0.1) is 11.9 Å². The van der Waals surface area contributed by atoms with Gasteiger partial charge in [-0.25, -0.2) is 4.39 Å². The smallest absolute Gasteiger partial charge is 0.265 e. The number of hydrogen-bond donors (Lipinski definition) is 2. The van der Waals surface area contributed by atoms with E-state index in [1.807, 2.05) is 24.9 Å². The fraction of sp³-hybridized carbons (Fsp3) is 0.500. The third-order valence-electron chi connectivity index (χ3n) is 5.09. The van der Waals surface area contributed by atoms with Gasteiger partial charge in [0.2, 0.25) is 0 Å². The van der Waals surface area contributed by atoms with Crippen LogP contribution < -0.4 is 10.2 Å². The zero-order valence-electron chi connectivity index (χ0n) is 13.1. The molecule has 122 valence electrons. The van der Waals surface area contributed by atoms with Gasteiger partial charge in [-0.3, -0.25) is 9.89 Å². The average Bonchev–Trinajstić information content (AvgIpc) is 3.14. The van der Waals surface area contributed by atoms with Gasteiger partial charge < -0.3 is 10.2 Å². The quantitative estimate of drug-likeness (QED) is 0.842. The van der Waals surface area contributed by atoms with E-state index in [1.165, 1.54) is 11.3 Å². The summed E-state index contributed by atoms with van der Waals surface area (Å²) in [6, 6.07) is 1.99. The van der Waals surface area contributed by atoms with Gasteiger partial charge in [0, 0.05) is 23.2 Å². The maximum atomic E-state index is 14.7. The predicted molar refractivity (Wildman–Crippen MR) is 88.6 cm³/mol. The van der Waals surface area contributed by atoms with Crippen molar-refractivity contribution in [2.45, 2.75) is 44.4 Å². The van der Waals surface area contributed by atoms with Crippen molar-refractivity contribution < 1.29 is 9.18 Å². The number of nitrogens with zero attached hydrogens (tertiary/aromatic N) is 2. The van der Waals surface area contributed by atoms with Crippen LogP contribution in [0, 0.1) is 6.92 Å². The van der Waals surface area contributed by atoms with Crippen LogP contribution in [-0.2, 0) is 0 Å². The molecule has 1 aliphatic heterocycles. The molecule has 2 aromatic rings. The fourth-order valence-electron chi connectivity index (χ4n) is 3.71. The number of aromatic nitrogens is 2. The number of amides is 1. The van der Waals surface area contributed by atoms with Gasteiger partial charge in [-0.1, -0.05) is 6.42 Å². The number of carbonyl (C=O) groups is 1. The molecule has 1 fully saturated rings. The van der Waals surface area contributed by atoms with E-state index in [1.54, 1.807) is 6.20 Å². The summed E-state index contributed by atoms with van der Waals surface area (Å²) in [5, 5.41) is 9.92. The van der Waals surface area contributed by atoms with Crippen molar-refractivity contribution >= 4 is 22.9 Å². The van der Waals surface area contributed by atoms with Crippen molar-refractivity contribution in [1.82, 2.24) is 15.5 Å². The molecule has 0 bridgehead atoms. The number of carbonyl (C=O) groups excluding carboxylic acids is 1. The van der Waals surface area contributed by atoms with Gasteiger partial charge in [-0.05, 0) is 32.3 Å². The minimum Gasteiger partial charge on any atom is -0.348 e. The molecule has 0 radical (unpaired) electrons. The summed E-state index contributed by atoms with van der Waals surface area (Å²) in [5.41, 5.74) is 1.87. The summed E-state index contributed by atoms with van der Waals surface area (Å²) in [7, 11) is 1.88. The van der Waals surface area contributed by atoms with E-state index >= 15 is 0 Å². The first-order chi connectivity index (χ1) is 11.0. The van der Waals surface area contributed by atoms with Gasteiger partial charge in [0.25, 0.3) is 5.91 Å². The van der Waals surface area contributed by atoms with E-state index in [2.05, 4.69) is 15.5 Å². The Morgan fingerprint density at radius 1 is 1.48 bits per heavy atom. The summed E-state index contributed by atoms with van der Waals surface area (Å²) in [5.74, 6) is -0.167. The minimum absolute atomic E-state index is 0.167. The topological polar surface area (TPSA) is 61.0 Å². The Morgan fingerprint density at radius 2 is 2.30 bits per heavy atom. The molecular formula is C16H19FN4OS. The fourth-order valence-corrected chi connectivity index (χ4v) is 4.86. The summed E-state index contributed by atoms with van der Waals surface area (Å²) < 4.78 is 14.7. The van der Waals surface area contributed by atoms with Gasteiger partial charge in [0.1, 0.15) is 16.7 Å². The van der Waals surface area contributed by atoms with E-state index in [-0.39, 0.29) is 5.91 Å². The molecule has 5 nitrogen and oxygen atoms in total. The molecular weight excluding hydrogens is 315 g/mol. The molecule has 2 unspecified atom stereocenters. The molecule has 1 aliphatic carbocycles. The highest BCUT2D eigenvalue weighted by atomic mass is 32.1. The zero-order chi connectivity index (χ0) is 16.2. The van der Waals surface area contributed by atoms with Crippen LogP contribution in [0.4, 0.5) is 10.1 Å². The van der Waals surface area contributed by atoms with Crippen molar-refractivity contribution in [2.75, 3.05) is 11.9 Å². The van der Waals surface area contributed by atoms with Gasteiger partial charge in [-0.2, -0.15) is 5.10 Å². The van der Waals surface area contributed by atoms with E-state index in [0.29, 0.717) is 17.7 Å². The van der Waals surface area contributed by atoms with Crippen molar-refractivity contribution in [3.05, 3.63) is 22.8 Å². The summed E-state index contributed by atoms with van der Waals surface area (Å²) in [4.78, 5) is 16.2. The third kappa shape index (κ3) is 2.02. The monoisotopic (exact) mass is 334 g/mol. The van der Waals surface area contributed by atoms with E-state index < -0.39 is 11.8 Å². The second-order valence-corrected chi connectivity index (χ2v) is 7.44. The molecule has 23 heavy (non-hydrogen) atoms. The van der Waals surface area contributed by atoms with E-state index in [0.717, 1.165) is 34.7 Å². The van der Waals surface area contributed by atoms with Gasteiger partial charge >= 0.3 is 0 Å². The maximum Gasteiger partial charge on any atom is 0.265 e. The Kier molecular flexibility index (Phi) is 3.23. The number of hydrogen-bond acceptors (Lipinski definition) is 4. The second kappa shape index (κ2) is 5.06. The summed E-state index contributed by atoms with van der Waals surface area (Å²) in [6.07, 6.45) is 3.67. The molecule has 2 aliphatic rings. The number of alkyl halides is 1. The molecule has 1 spiro atoms. The lowest BCUT2D eigenvalue weighted by Crippen LogP contribution is -2.68. The first-order valence-corrected chi connectivity index (χ1v) is 8.69. The predicted octanol–water partition coefficient (Wildman–Crippen LogP) is 3.23. The average molecular weight is 334 g/mol. The van der Waals surface area contributed by atoms with Crippen LogP contribution in [0.2, 0.25) is 0 Å². The van der Waals surface area contributed by atoms with Gasteiger partial charge in [-0.15, -0.1) is 11.3 Å². The largest absolute Gasteiger partial charge is 0.348 e. The Balaban J connectivity index is 1.80. The molecule has 0 aromatic carbocycles.